The van der Waals surface area contributed by atoms with Crippen molar-refractivity contribution in [2.75, 3.05) is 0 Å². The smallest absolute Gasteiger partial charge is 0.248 e. The predicted octanol–water partition coefficient (Wildman–Crippen LogP) is 1.64. The van der Waals surface area contributed by atoms with Crippen molar-refractivity contribution in [2.45, 2.75) is 0 Å². The molecule has 0 bridgehead atoms. The number of phenolic OH excluding ortho intramolecular Hbond substituents is 1. The molecule has 70 valence electrons. The Labute approximate surface area is 80.8 Å². The van der Waals surface area contributed by atoms with Gasteiger partial charge < -0.3 is 10.8 Å². The van der Waals surface area contributed by atoms with Crippen LogP contribution < -0.4 is 5.73 Å². The van der Waals surface area contributed by atoms with Crippen LogP contribution in [-0.4, -0.2) is 11.0 Å². The summed E-state index contributed by atoms with van der Waals surface area (Å²) in [7, 11) is 0. The molecule has 0 aliphatic carbocycles. The van der Waals surface area contributed by atoms with Gasteiger partial charge >= 0.3 is 0 Å². The third-order valence-corrected chi connectivity index (χ3v) is 2.12. The van der Waals surface area contributed by atoms with Gasteiger partial charge in [0.1, 0.15) is 5.75 Å². The Kier molecular flexibility index (Phi) is 1.85. The lowest BCUT2D eigenvalue weighted by Crippen LogP contribution is -2.10. The molecule has 0 saturated carbocycles. The van der Waals surface area contributed by atoms with E-state index in [1.165, 1.54) is 6.07 Å². The first-order valence-electron chi connectivity index (χ1n) is 4.20. The van der Waals surface area contributed by atoms with Crippen LogP contribution in [0.25, 0.3) is 10.8 Å². The van der Waals surface area contributed by atoms with Gasteiger partial charge in [-0.1, -0.05) is 24.3 Å². The number of phenols is 1. The number of hydrogen-bond donors (Lipinski definition) is 2. The molecule has 1 amide bonds. The number of benzene rings is 2. The van der Waals surface area contributed by atoms with Crippen LogP contribution in [0.15, 0.2) is 36.4 Å². The second kappa shape index (κ2) is 3.03. The highest BCUT2D eigenvalue weighted by atomic mass is 16.3. The molecule has 0 unspecified atom stereocenters. The summed E-state index contributed by atoms with van der Waals surface area (Å²) in [6.07, 6.45) is 0. The SMILES string of the molecule is NC(=O)c1cc(O)c2ccccc2c1. The van der Waals surface area contributed by atoms with Crippen molar-refractivity contribution in [1.29, 1.82) is 0 Å². The lowest BCUT2D eigenvalue weighted by atomic mass is 10.1. The Morgan fingerprint density at radius 3 is 2.64 bits per heavy atom. The number of amides is 1. The van der Waals surface area contributed by atoms with Crippen molar-refractivity contribution < 1.29 is 9.90 Å². The minimum absolute atomic E-state index is 0.0805. The Morgan fingerprint density at radius 1 is 1.21 bits per heavy atom. The molecule has 14 heavy (non-hydrogen) atoms. The van der Waals surface area contributed by atoms with Crippen LogP contribution in [0.4, 0.5) is 0 Å². The topological polar surface area (TPSA) is 63.3 Å². The molecule has 2 aromatic carbocycles. The third kappa shape index (κ3) is 1.29. The van der Waals surface area contributed by atoms with E-state index in [0.717, 1.165) is 10.8 Å². The average molecular weight is 187 g/mol. The second-order valence-corrected chi connectivity index (χ2v) is 3.08. The molecule has 0 fully saturated rings. The van der Waals surface area contributed by atoms with Gasteiger partial charge in [0, 0.05) is 10.9 Å². The number of carbonyl (C=O) groups is 1. The summed E-state index contributed by atoms with van der Waals surface area (Å²) < 4.78 is 0. The minimum atomic E-state index is -0.536. The number of nitrogens with two attached hydrogens (primary N) is 1. The van der Waals surface area contributed by atoms with E-state index in [1.807, 2.05) is 18.2 Å². The molecule has 0 aliphatic rings. The van der Waals surface area contributed by atoms with Gasteiger partial charge in [-0.25, -0.2) is 0 Å². The fourth-order valence-electron chi connectivity index (χ4n) is 1.43. The number of primary amides is 1. The first-order chi connectivity index (χ1) is 6.68. The maximum atomic E-state index is 10.9. The van der Waals surface area contributed by atoms with E-state index in [4.69, 9.17) is 5.73 Å². The van der Waals surface area contributed by atoms with Crippen LogP contribution >= 0.6 is 0 Å². The van der Waals surface area contributed by atoms with E-state index < -0.39 is 5.91 Å². The number of fused-ring (bicyclic) bond motifs is 1. The highest BCUT2D eigenvalue weighted by Gasteiger charge is 2.05. The standard InChI is InChI=1S/C11H9NO2/c12-11(14)8-5-7-3-1-2-4-9(7)10(13)6-8/h1-6,13H,(H2,12,14). The quantitative estimate of drug-likeness (QED) is 0.712. The van der Waals surface area contributed by atoms with E-state index in [9.17, 15) is 9.90 Å². The van der Waals surface area contributed by atoms with Gasteiger partial charge in [0.05, 0.1) is 0 Å². The maximum absolute atomic E-state index is 10.9. The molecule has 0 radical (unpaired) electrons. The van der Waals surface area contributed by atoms with Gasteiger partial charge in [-0.2, -0.15) is 0 Å². The fourth-order valence-corrected chi connectivity index (χ4v) is 1.43. The molecule has 0 saturated heterocycles. The highest BCUT2D eigenvalue weighted by Crippen LogP contribution is 2.25. The van der Waals surface area contributed by atoms with Crippen LogP contribution in [0.3, 0.4) is 0 Å². The van der Waals surface area contributed by atoms with Gasteiger partial charge in [0.15, 0.2) is 0 Å². The maximum Gasteiger partial charge on any atom is 0.248 e. The molecule has 0 heterocycles. The van der Waals surface area contributed by atoms with Crippen molar-refractivity contribution in [3.05, 3.63) is 42.0 Å². The fraction of sp³-hybridized carbons (Fsp3) is 0. The zero-order chi connectivity index (χ0) is 10.1. The normalized spacial score (nSPS) is 10.3. The lowest BCUT2D eigenvalue weighted by Gasteiger charge is -2.02. The molecular weight excluding hydrogens is 178 g/mol. The monoisotopic (exact) mass is 187 g/mol. The molecule has 3 nitrogen and oxygen atoms in total. The van der Waals surface area contributed by atoms with Gasteiger partial charge in [0.25, 0.3) is 0 Å². The summed E-state index contributed by atoms with van der Waals surface area (Å²) in [5.41, 5.74) is 5.44. The molecule has 3 N–H and O–H groups in total. The van der Waals surface area contributed by atoms with Crippen LogP contribution in [-0.2, 0) is 0 Å². The van der Waals surface area contributed by atoms with Crippen LogP contribution in [0.5, 0.6) is 5.75 Å². The summed E-state index contributed by atoms with van der Waals surface area (Å²) in [4.78, 5) is 10.9. The zero-order valence-corrected chi connectivity index (χ0v) is 7.40. The molecule has 3 heteroatoms. The Balaban J connectivity index is 2.78. The molecule has 0 aliphatic heterocycles. The number of hydrogen-bond acceptors (Lipinski definition) is 2. The largest absolute Gasteiger partial charge is 0.507 e. The number of carbonyl (C=O) groups excluding carboxylic acids is 1. The number of aromatic hydroxyl groups is 1. The van der Waals surface area contributed by atoms with E-state index >= 15 is 0 Å². The van der Waals surface area contributed by atoms with Crippen molar-refractivity contribution in [3.8, 4) is 5.75 Å². The van der Waals surface area contributed by atoms with Crippen LogP contribution in [0.2, 0.25) is 0 Å². The Hall–Kier alpha value is -2.03. The van der Waals surface area contributed by atoms with Crippen molar-refractivity contribution >= 4 is 16.7 Å². The van der Waals surface area contributed by atoms with Gasteiger partial charge in [-0.3, -0.25) is 4.79 Å². The molecular formula is C11H9NO2. The first-order valence-corrected chi connectivity index (χ1v) is 4.20. The average Bonchev–Trinajstić information content (AvgIpc) is 2.17. The molecule has 0 atom stereocenters. The summed E-state index contributed by atoms with van der Waals surface area (Å²) in [6, 6.07) is 10.3. The van der Waals surface area contributed by atoms with E-state index in [2.05, 4.69) is 0 Å². The number of rotatable bonds is 1. The third-order valence-electron chi connectivity index (χ3n) is 2.12. The van der Waals surface area contributed by atoms with Crippen molar-refractivity contribution in [1.82, 2.24) is 0 Å². The summed E-state index contributed by atoms with van der Waals surface area (Å²) in [5.74, 6) is -0.456. The van der Waals surface area contributed by atoms with E-state index in [0.29, 0.717) is 5.56 Å². The van der Waals surface area contributed by atoms with Gasteiger partial charge in [-0.15, -0.1) is 0 Å². The molecule has 2 rings (SSSR count). The molecule has 2 aromatic rings. The molecule has 0 spiro atoms. The summed E-state index contributed by atoms with van der Waals surface area (Å²) in [5, 5.41) is 11.1. The summed E-state index contributed by atoms with van der Waals surface area (Å²) in [6.45, 7) is 0. The predicted molar refractivity (Wildman–Crippen MR) is 54.1 cm³/mol. The van der Waals surface area contributed by atoms with Crippen LogP contribution in [0.1, 0.15) is 10.4 Å². The Bertz CT molecular complexity index is 506. The van der Waals surface area contributed by atoms with Crippen molar-refractivity contribution in [2.24, 2.45) is 5.73 Å². The van der Waals surface area contributed by atoms with Gasteiger partial charge in [0.2, 0.25) is 5.91 Å². The van der Waals surface area contributed by atoms with Crippen molar-refractivity contribution in [3.63, 3.8) is 0 Å². The van der Waals surface area contributed by atoms with E-state index in [-0.39, 0.29) is 5.75 Å². The Morgan fingerprint density at radius 2 is 1.93 bits per heavy atom. The van der Waals surface area contributed by atoms with Gasteiger partial charge in [-0.05, 0) is 17.5 Å². The first kappa shape index (κ1) is 8.56. The molecule has 0 aromatic heterocycles. The zero-order valence-electron chi connectivity index (χ0n) is 7.40. The lowest BCUT2D eigenvalue weighted by molar-refractivity contribution is 0.1000. The van der Waals surface area contributed by atoms with Crippen LogP contribution in [0, 0.1) is 0 Å². The highest BCUT2D eigenvalue weighted by molar-refractivity contribution is 5.99. The summed E-state index contributed by atoms with van der Waals surface area (Å²) >= 11 is 0. The second-order valence-electron chi connectivity index (χ2n) is 3.08. The van der Waals surface area contributed by atoms with E-state index in [1.54, 1.807) is 12.1 Å². The minimum Gasteiger partial charge on any atom is -0.507 e.